The summed E-state index contributed by atoms with van der Waals surface area (Å²) in [5.41, 5.74) is 0.550. The zero-order valence-electron chi connectivity index (χ0n) is 11.3. The van der Waals surface area contributed by atoms with E-state index in [4.69, 9.17) is 4.42 Å². The van der Waals surface area contributed by atoms with Crippen LogP contribution in [0.5, 0.6) is 0 Å². The fraction of sp³-hybridized carbons (Fsp3) is 0.667. The molecule has 3 nitrogen and oxygen atoms in total. The van der Waals surface area contributed by atoms with Gasteiger partial charge in [-0.1, -0.05) is 20.8 Å². The number of hydrogen-bond donors (Lipinski definition) is 1. The van der Waals surface area contributed by atoms with Crippen molar-refractivity contribution in [3.05, 3.63) is 24.2 Å². The minimum Gasteiger partial charge on any atom is -0.459 e. The van der Waals surface area contributed by atoms with Crippen LogP contribution in [0.4, 0.5) is 0 Å². The number of carbonyl (C=O) groups is 1. The van der Waals surface area contributed by atoms with Crippen LogP contribution in [0.25, 0.3) is 0 Å². The second-order valence-electron chi connectivity index (χ2n) is 6.61. The highest BCUT2D eigenvalue weighted by atomic mass is 16.3. The zero-order valence-corrected chi connectivity index (χ0v) is 11.3. The molecule has 2 bridgehead atoms. The molecule has 0 saturated heterocycles. The summed E-state index contributed by atoms with van der Waals surface area (Å²) in [5.74, 6) is 1.08. The molecule has 3 heteroatoms. The van der Waals surface area contributed by atoms with Gasteiger partial charge < -0.3 is 9.73 Å². The number of fused-ring (bicyclic) bond motifs is 2. The molecule has 1 aromatic rings. The van der Waals surface area contributed by atoms with Crippen LogP contribution in [-0.2, 0) is 0 Å². The average Bonchev–Trinajstić information content (AvgIpc) is 2.95. The Hall–Kier alpha value is -1.25. The normalized spacial score (nSPS) is 36.8. The first-order chi connectivity index (χ1) is 8.45. The minimum absolute atomic E-state index is 0.0745. The van der Waals surface area contributed by atoms with E-state index in [-0.39, 0.29) is 17.4 Å². The monoisotopic (exact) mass is 247 g/mol. The number of amides is 1. The van der Waals surface area contributed by atoms with Crippen molar-refractivity contribution in [1.82, 2.24) is 5.32 Å². The number of hydrogen-bond acceptors (Lipinski definition) is 2. The molecule has 2 aliphatic rings. The van der Waals surface area contributed by atoms with Crippen molar-refractivity contribution in [3.8, 4) is 0 Å². The van der Waals surface area contributed by atoms with Gasteiger partial charge in [-0.15, -0.1) is 0 Å². The standard InChI is InChI=1S/C15H21NO2/c1-14(2)10-6-7-15(14,3)12(9-10)16-13(17)11-5-4-8-18-11/h4-5,8,10,12H,6-7,9H2,1-3H3,(H,16,17)/t10-,12-,15-/m1/s1. The molecule has 18 heavy (non-hydrogen) atoms. The van der Waals surface area contributed by atoms with Gasteiger partial charge in [0.05, 0.1) is 6.26 Å². The maximum absolute atomic E-state index is 12.1. The molecule has 2 saturated carbocycles. The third kappa shape index (κ3) is 1.39. The van der Waals surface area contributed by atoms with Crippen molar-refractivity contribution < 1.29 is 9.21 Å². The van der Waals surface area contributed by atoms with Crippen LogP contribution < -0.4 is 5.32 Å². The maximum Gasteiger partial charge on any atom is 0.287 e. The average molecular weight is 247 g/mol. The van der Waals surface area contributed by atoms with Crippen molar-refractivity contribution in [2.75, 3.05) is 0 Å². The van der Waals surface area contributed by atoms with Crippen molar-refractivity contribution in [3.63, 3.8) is 0 Å². The summed E-state index contributed by atoms with van der Waals surface area (Å²) in [6.07, 6.45) is 5.17. The van der Waals surface area contributed by atoms with Crippen LogP contribution in [0, 0.1) is 16.7 Å². The molecule has 0 unspecified atom stereocenters. The van der Waals surface area contributed by atoms with Gasteiger partial charge in [0, 0.05) is 6.04 Å². The van der Waals surface area contributed by atoms with Gasteiger partial charge in [0.1, 0.15) is 0 Å². The Kier molecular flexibility index (Phi) is 2.38. The first kappa shape index (κ1) is 11.8. The summed E-state index contributed by atoms with van der Waals surface area (Å²) in [5, 5.41) is 3.18. The Morgan fingerprint density at radius 2 is 2.22 bits per heavy atom. The molecule has 1 amide bonds. The number of carbonyl (C=O) groups excluding carboxylic acids is 1. The van der Waals surface area contributed by atoms with Gasteiger partial charge in [-0.2, -0.15) is 0 Å². The van der Waals surface area contributed by atoms with Gasteiger partial charge >= 0.3 is 0 Å². The van der Waals surface area contributed by atoms with E-state index in [1.165, 1.54) is 12.8 Å². The van der Waals surface area contributed by atoms with E-state index in [1.807, 2.05) is 0 Å². The molecule has 1 aromatic heterocycles. The molecule has 3 rings (SSSR count). The fourth-order valence-corrected chi connectivity index (χ4v) is 4.06. The summed E-state index contributed by atoms with van der Waals surface area (Å²) in [7, 11) is 0. The van der Waals surface area contributed by atoms with Gasteiger partial charge in [0.15, 0.2) is 5.76 Å². The molecule has 2 aliphatic carbocycles. The Bertz CT molecular complexity index is 463. The van der Waals surface area contributed by atoms with Crippen LogP contribution in [0.15, 0.2) is 22.8 Å². The zero-order chi connectivity index (χ0) is 13.0. The highest BCUT2D eigenvalue weighted by molar-refractivity contribution is 5.91. The summed E-state index contributed by atoms with van der Waals surface area (Å²) < 4.78 is 5.16. The molecule has 0 spiro atoms. The quantitative estimate of drug-likeness (QED) is 0.871. The third-order valence-electron chi connectivity index (χ3n) is 5.84. The fourth-order valence-electron chi connectivity index (χ4n) is 4.06. The van der Waals surface area contributed by atoms with Crippen molar-refractivity contribution in [1.29, 1.82) is 0 Å². The van der Waals surface area contributed by atoms with Gasteiger partial charge in [0.2, 0.25) is 0 Å². The van der Waals surface area contributed by atoms with E-state index in [2.05, 4.69) is 26.1 Å². The number of nitrogens with one attached hydrogen (secondary N) is 1. The maximum atomic E-state index is 12.1. The highest BCUT2D eigenvalue weighted by Crippen LogP contribution is 2.65. The van der Waals surface area contributed by atoms with E-state index in [0.29, 0.717) is 11.2 Å². The summed E-state index contributed by atoms with van der Waals surface area (Å²) >= 11 is 0. The van der Waals surface area contributed by atoms with Crippen LogP contribution in [0.1, 0.15) is 50.6 Å². The second-order valence-corrected chi connectivity index (χ2v) is 6.61. The SMILES string of the molecule is CC1(C)[C@@H]2CC[C@]1(C)[C@H](NC(=O)c1ccco1)C2. The Balaban J connectivity index is 1.78. The predicted molar refractivity (Wildman–Crippen MR) is 69.2 cm³/mol. The highest BCUT2D eigenvalue weighted by Gasteiger charge is 2.61. The van der Waals surface area contributed by atoms with Crippen molar-refractivity contribution in [2.45, 2.75) is 46.1 Å². The van der Waals surface area contributed by atoms with Gasteiger partial charge in [0.25, 0.3) is 5.91 Å². The van der Waals surface area contributed by atoms with E-state index in [0.717, 1.165) is 12.3 Å². The lowest BCUT2D eigenvalue weighted by Crippen LogP contribution is -2.46. The van der Waals surface area contributed by atoms with Gasteiger partial charge in [-0.25, -0.2) is 0 Å². The van der Waals surface area contributed by atoms with E-state index < -0.39 is 0 Å². The first-order valence-electron chi connectivity index (χ1n) is 6.79. The number of furan rings is 1. The molecule has 98 valence electrons. The lowest BCUT2D eigenvalue weighted by Gasteiger charge is -2.39. The Labute approximate surface area is 108 Å². The van der Waals surface area contributed by atoms with Gasteiger partial charge in [-0.3, -0.25) is 4.79 Å². The van der Waals surface area contributed by atoms with Crippen LogP contribution >= 0.6 is 0 Å². The third-order valence-corrected chi connectivity index (χ3v) is 5.84. The van der Waals surface area contributed by atoms with Crippen LogP contribution in [0.3, 0.4) is 0 Å². The first-order valence-corrected chi connectivity index (χ1v) is 6.79. The van der Waals surface area contributed by atoms with Crippen LogP contribution in [-0.4, -0.2) is 11.9 Å². The molecule has 1 heterocycles. The van der Waals surface area contributed by atoms with E-state index >= 15 is 0 Å². The molecule has 1 N–H and O–H groups in total. The van der Waals surface area contributed by atoms with E-state index in [9.17, 15) is 4.79 Å². The molecular formula is C15H21NO2. The lowest BCUT2D eigenvalue weighted by molar-refractivity contribution is 0.0801. The lowest BCUT2D eigenvalue weighted by atomic mass is 9.69. The predicted octanol–water partition coefficient (Wildman–Crippen LogP) is 3.22. The largest absolute Gasteiger partial charge is 0.459 e. The molecule has 0 radical (unpaired) electrons. The molecule has 3 atom stereocenters. The summed E-state index contributed by atoms with van der Waals surface area (Å²) in [4.78, 5) is 12.1. The second kappa shape index (κ2) is 3.62. The van der Waals surface area contributed by atoms with Crippen molar-refractivity contribution in [2.24, 2.45) is 16.7 Å². The van der Waals surface area contributed by atoms with Gasteiger partial charge in [-0.05, 0) is 48.1 Å². The molecule has 2 fully saturated rings. The summed E-state index contributed by atoms with van der Waals surface area (Å²) in [6, 6.07) is 3.75. The summed E-state index contributed by atoms with van der Waals surface area (Å²) in [6.45, 7) is 7.03. The minimum atomic E-state index is -0.0745. The van der Waals surface area contributed by atoms with Crippen LogP contribution in [0.2, 0.25) is 0 Å². The molecule has 0 aliphatic heterocycles. The molecular weight excluding hydrogens is 226 g/mol. The molecule has 0 aromatic carbocycles. The topological polar surface area (TPSA) is 42.2 Å². The number of rotatable bonds is 2. The Morgan fingerprint density at radius 3 is 2.72 bits per heavy atom. The van der Waals surface area contributed by atoms with Crippen molar-refractivity contribution >= 4 is 5.91 Å². The smallest absolute Gasteiger partial charge is 0.287 e. The Morgan fingerprint density at radius 1 is 1.44 bits per heavy atom. The van der Waals surface area contributed by atoms with E-state index in [1.54, 1.807) is 18.4 Å².